The van der Waals surface area contributed by atoms with E-state index in [4.69, 9.17) is 5.26 Å². The van der Waals surface area contributed by atoms with Crippen LogP contribution in [-0.4, -0.2) is 9.55 Å². The van der Waals surface area contributed by atoms with Crippen molar-refractivity contribution in [1.29, 1.82) is 5.26 Å². The lowest BCUT2D eigenvalue weighted by atomic mass is 9.73. The number of rotatable bonds is 1. The molecule has 1 rings (SSSR count). The third-order valence-corrected chi connectivity index (χ3v) is 2.07. The predicted octanol–water partition coefficient (Wildman–Crippen LogP) is 1.22. The summed E-state index contributed by atoms with van der Waals surface area (Å²) in [6.07, 6.45) is 3.36. The van der Waals surface area contributed by atoms with E-state index >= 15 is 0 Å². The van der Waals surface area contributed by atoms with Crippen molar-refractivity contribution >= 4 is 32.4 Å². The fraction of sp³-hybridized carbons (Fsp3) is 0.143. The van der Waals surface area contributed by atoms with Crippen LogP contribution in [0.4, 0.5) is 0 Å². The molecule has 0 saturated heterocycles. The Kier molecular flexibility index (Phi) is 2.88. The molecular weight excluding hydrogens is 250 g/mol. The van der Waals surface area contributed by atoms with Crippen molar-refractivity contribution in [3.63, 3.8) is 0 Å². The Balaban J connectivity index is 3.03. The van der Waals surface area contributed by atoms with E-state index in [0.29, 0.717) is 10.1 Å². The van der Waals surface area contributed by atoms with E-state index < -0.39 is 0 Å². The third kappa shape index (κ3) is 2.19. The Labute approximate surface area is 79.6 Å². The summed E-state index contributed by atoms with van der Waals surface area (Å²) in [5, 5.41) is 8.55. The average molecular weight is 256 g/mol. The Morgan fingerprint density at radius 3 is 2.91 bits per heavy atom. The summed E-state index contributed by atoms with van der Waals surface area (Å²) in [5.74, 6) is 0. The zero-order valence-electron chi connectivity index (χ0n) is 6.08. The van der Waals surface area contributed by atoms with Gasteiger partial charge in [0.15, 0.2) is 0 Å². The molecule has 0 spiro atoms. The maximum atomic E-state index is 8.55. The van der Waals surface area contributed by atoms with Gasteiger partial charge in [0.05, 0.1) is 5.56 Å². The number of pyridine rings is 1. The number of aromatic nitrogens is 1. The lowest BCUT2D eigenvalue weighted by molar-refractivity contribution is 1.32. The van der Waals surface area contributed by atoms with Crippen molar-refractivity contribution in [2.45, 2.75) is 6.82 Å². The first-order valence-corrected chi connectivity index (χ1v) is 4.47. The number of halogens is 1. The molecule has 1 heterocycles. The topological polar surface area (TPSA) is 36.7 Å². The molecule has 1 aromatic rings. The molecule has 4 heteroatoms. The summed E-state index contributed by atoms with van der Waals surface area (Å²) in [4.78, 5) is 3.95. The van der Waals surface area contributed by atoms with Gasteiger partial charge in [-0.15, -0.1) is 22.4 Å². The van der Waals surface area contributed by atoms with Gasteiger partial charge in [-0.2, -0.15) is 5.26 Å². The fourth-order valence-corrected chi connectivity index (χ4v) is 1.08. The zero-order valence-corrected chi connectivity index (χ0v) is 8.24. The molecule has 0 N–H and O–H groups in total. The van der Waals surface area contributed by atoms with E-state index in [1.807, 2.05) is 6.07 Å². The minimum atomic E-state index is 0.411. The fourth-order valence-electron chi connectivity index (χ4n) is 0.736. The van der Waals surface area contributed by atoms with Gasteiger partial charge < -0.3 is 0 Å². The molecule has 0 aliphatic heterocycles. The van der Waals surface area contributed by atoms with E-state index in [1.165, 1.54) is 0 Å². The first-order valence-electron chi connectivity index (χ1n) is 3.23. The molecular formula is C7H6BIN2. The van der Waals surface area contributed by atoms with Crippen LogP contribution in [0.2, 0.25) is 6.82 Å². The Morgan fingerprint density at radius 2 is 2.36 bits per heavy atom. The quantitative estimate of drug-likeness (QED) is 0.559. The summed E-state index contributed by atoms with van der Waals surface area (Å²) < 4.78 is 0.411. The summed E-state index contributed by atoms with van der Waals surface area (Å²) >= 11 is 2.29. The summed E-state index contributed by atoms with van der Waals surface area (Å²) in [6, 6.07) is 3.92. The average Bonchev–Trinajstić information content (AvgIpc) is 2.05. The Hall–Kier alpha value is -0.565. The highest BCUT2D eigenvalue weighted by atomic mass is 127. The number of nitrogens with zero attached hydrogens (tertiary/aromatic N) is 2. The molecule has 1 aromatic heterocycles. The van der Waals surface area contributed by atoms with Gasteiger partial charge in [0.2, 0.25) is 4.57 Å². The van der Waals surface area contributed by atoms with Gasteiger partial charge in [0.1, 0.15) is 6.07 Å². The zero-order chi connectivity index (χ0) is 8.27. The van der Waals surface area contributed by atoms with Gasteiger partial charge >= 0.3 is 0 Å². The molecule has 0 unspecified atom stereocenters. The minimum absolute atomic E-state index is 0.411. The summed E-state index contributed by atoms with van der Waals surface area (Å²) in [5.41, 5.74) is 1.73. The van der Waals surface area contributed by atoms with Crippen LogP contribution in [0.15, 0.2) is 18.5 Å². The molecule has 0 aromatic carbocycles. The van der Waals surface area contributed by atoms with Crippen LogP contribution in [0.1, 0.15) is 5.56 Å². The standard InChI is InChI=1S/C7H6BIN2/c1-8(9)7-2-6(3-10)4-11-5-7/h2,4-5H,1H3. The van der Waals surface area contributed by atoms with Crippen LogP contribution >= 0.6 is 22.4 Å². The number of nitriles is 1. The van der Waals surface area contributed by atoms with Gasteiger partial charge in [-0.3, -0.25) is 4.98 Å². The second-order valence-electron chi connectivity index (χ2n) is 2.23. The molecule has 11 heavy (non-hydrogen) atoms. The molecule has 0 radical (unpaired) electrons. The van der Waals surface area contributed by atoms with Crippen LogP contribution < -0.4 is 5.46 Å². The maximum Gasteiger partial charge on any atom is 0.248 e. The molecule has 0 fully saturated rings. The van der Waals surface area contributed by atoms with Crippen molar-refractivity contribution in [3.8, 4) is 6.07 Å². The molecule has 0 atom stereocenters. The Bertz CT molecular complexity index is 293. The van der Waals surface area contributed by atoms with Crippen molar-refractivity contribution in [3.05, 3.63) is 24.0 Å². The van der Waals surface area contributed by atoms with Gasteiger partial charge in [0.25, 0.3) is 0 Å². The monoisotopic (exact) mass is 256 g/mol. The molecule has 0 aliphatic carbocycles. The highest BCUT2D eigenvalue weighted by molar-refractivity contribution is 14.1. The van der Waals surface area contributed by atoms with Gasteiger partial charge in [-0.1, -0.05) is 6.82 Å². The second-order valence-corrected chi connectivity index (χ2v) is 4.10. The Morgan fingerprint density at radius 1 is 1.64 bits per heavy atom. The molecule has 54 valence electrons. The minimum Gasteiger partial charge on any atom is -0.264 e. The molecule has 2 nitrogen and oxygen atoms in total. The molecule has 0 saturated carbocycles. The first-order chi connectivity index (χ1) is 5.24. The largest absolute Gasteiger partial charge is 0.264 e. The SMILES string of the molecule is CB(I)c1cncc(C#N)c1. The highest BCUT2D eigenvalue weighted by Gasteiger charge is 2.05. The maximum absolute atomic E-state index is 8.55. The third-order valence-electron chi connectivity index (χ3n) is 1.35. The number of hydrogen-bond acceptors (Lipinski definition) is 2. The van der Waals surface area contributed by atoms with Crippen molar-refractivity contribution in [2.75, 3.05) is 0 Å². The molecule has 0 amide bonds. The van der Waals surface area contributed by atoms with Crippen LogP contribution in [0, 0.1) is 11.3 Å². The van der Waals surface area contributed by atoms with Gasteiger partial charge in [0, 0.05) is 12.4 Å². The van der Waals surface area contributed by atoms with Crippen LogP contribution in [0.25, 0.3) is 0 Å². The van der Waals surface area contributed by atoms with E-state index in [2.05, 4.69) is 40.3 Å². The van der Waals surface area contributed by atoms with Crippen molar-refractivity contribution in [2.24, 2.45) is 0 Å². The van der Waals surface area contributed by atoms with Crippen LogP contribution in [0.5, 0.6) is 0 Å². The van der Waals surface area contributed by atoms with Crippen molar-refractivity contribution < 1.29 is 0 Å². The van der Waals surface area contributed by atoms with Crippen molar-refractivity contribution in [1.82, 2.24) is 4.98 Å². The lowest BCUT2D eigenvalue weighted by Gasteiger charge is -1.97. The number of hydrogen-bond donors (Lipinski definition) is 0. The van der Waals surface area contributed by atoms with E-state index in [-0.39, 0.29) is 0 Å². The first kappa shape index (κ1) is 8.53. The van der Waals surface area contributed by atoms with Gasteiger partial charge in [-0.25, -0.2) is 0 Å². The van der Waals surface area contributed by atoms with Gasteiger partial charge in [-0.05, 0) is 11.5 Å². The highest BCUT2D eigenvalue weighted by Crippen LogP contribution is 1.97. The molecule has 0 bridgehead atoms. The normalized spacial score (nSPS) is 8.82. The second kappa shape index (κ2) is 3.72. The van der Waals surface area contributed by atoms with E-state index in [1.54, 1.807) is 12.4 Å². The predicted molar refractivity (Wildman–Crippen MR) is 54.2 cm³/mol. The summed E-state index contributed by atoms with van der Waals surface area (Å²) in [6.45, 7) is 2.07. The summed E-state index contributed by atoms with van der Waals surface area (Å²) in [7, 11) is 0. The lowest BCUT2D eigenvalue weighted by Crippen LogP contribution is -2.20. The van der Waals surface area contributed by atoms with E-state index in [9.17, 15) is 0 Å². The smallest absolute Gasteiger partial charge is 0.248 e. The van der Waals surface area contributed by atoms with Crippen LogP contribution in [-0.2, 0) is 0 Å². The van der Waals surface area contributed by atoms with Crippen LogP contribution in [0.3, 0.4) is 0 Å². The van der Waals surface area contributed by atoms with E-state index in [0.717, 1.165) is 5.46 Å². The molecule has 0 aliphatic rings.